The van der Waals surface area contributed by atoms with Crippen LogP contribution in [-0.4, -0.2) is 22.5 Å². The van der Waals surface area contributed by atoms with Crippen LogP contribution in [-0.2, 0) is 13.1 Å². The number of hydrogen-bond donors (Lipinski definition) is 3. The summed E-state index contributed by atoms with van der Waals surface area (Å²) >= 11 is 0. The normalized spacial score (nSPS) is 10.9. The molecular weight excluding hydrogens is 437 g/mol. The number of aromatic nitrogens is 2. The molecule has 0 aliphatic heterocycles. The molecule has 1 aromatic heterocycles. The lowest BCUT2D eigenvalue weighted by Crippen LogP contribution is -2.37. The zero-order chi connectivity index (χ0) is 17.3. The summed E-state index contributed by atoms with van der Waals surface area (Å²) in [4.78, 5) is 12.4. The number of nitrogens with one attached hydrogen (secondary N) is 3. The fraction of sp³-hybridized carbons (Fsp3) is 0.200. The van der Waals surface area contributed by atoms with Gasteiger partial charge in [0.25, 0.3) is 0 Å². The van der Waals surface area contributed by atoms with Crippen molar-refractivity contribution in [3.8, 4) is 11.3 Å². The van der Waals surface area contributed by atoms with Crippen LogP contribution in [0, 0.1) is 0 Å². The van der Waals surface area contributed by atoms with Crippen molar-refractivity contribution in [3.05, 3.63) is 78.2 Å². The summed E-state index contributed by atoms with van der Waals surface area (Å²) in [6.07, 6.45) is 1.86. The summed E-state index contributed by atoms with van der Waals surface area (Å²) in [7, 11) is 0. The molecule has 2 aromatic carbocycles. The van der Waals surface area contributed by atoms with E-state index in [1.54, 1.807) is 0 Å². The van der Waals surface area contributed by atoms with E-state index in [4.69, 9.17) is 0 Å². The summed E-state index contributed by atoms with van der Waals surface area (Å²) in [6.45, 7) is 4.10. The van der Waals surface area contributed by atoms with Crippen molar-refractivity contribution in [2.75, 3.05) is 6.54 Å². The van der Waals surface area contributed by atoms with Crippen molar-refractivity contribution >= 4 is 29.9 Å². The summed E-state index contributed by atoms with van der Waals surface area (Å²) in [6, 6.07) is 20.4. The lowest BCUT2D eigenvalue weighted by atomic mass is 10.2. The van der Waals surface area contributed by atoms with Crippen molar-refractivity contribution in [2.45, 2.75) is 20.0 Å². The number of aromatic amines is 1. The molecule has 0 saturated carbocycles. The largest absolute Gasteiger partial charge is 0.357 e. The Hall–Kier alpha value is -2.35. The van der Waals surface area contributed by atoms with Gasteiger partial charge in [0.05, 0.1) is 25.0 Å². The highest BCUT2D eigenvalue weighted by molar-refractivity contribution is 14.0. The Morgan fingerprint density at radius 2 is 1.69 bits per heavy atom. The topological polar surface area (TPSA) is 65.1 Å². The van der Waals surface area contributed by atoms with Crippen molar-refractivity contribution in [3.63, 3.8) is 0 Å². The van der Waals surface area contributed by atoms with Crippen LogP contribution in [0.25, 0.3) is 11.3 Å². The summed E-state index contributed by atoms with van der Waals surface area (Å²) in [5, 5.41) is 6.58. The number of hydrogen-bond acceptors (Lipinski definition) is 2. The van der Waals surface area contributed by atoms with Crippen LogP contribution in [0.4, 0.5) is 0 Å². The van der Waals surface area contributed by atoms with Gasteiger partial charge in [0.1, 0.15) is 5.82 Å². The molecule has 3 aromatic rings. The second kappa shape index (κ2) is 10.6. The molecule has 0 spiro atoms. The van der Waals surface area contributed by atoms with Gasteiger partial charge in [-0.2, -0.15) is 0 Å². The molecule has 0 bridgehead atoms. The van der Waals surface area contributed by atoms with Crippen LogP contribution in [0.5, 0.6) is 0 Å². The SMILES string of the molecule is CCNC(=NCc1ccccc1)NCc1ncc(-c2ccccc2)[nH]1.I. The second-order valence-electron chi connectivity index (χ2n) is 5.64. The number of guanidine groups is 1. The minimum absolute atomic E-state index is 0. The Morgan fingerprint density at radius 3 is 2.38 bits per heavy atom. The van der Waals surface area contributed by atoms with Gasteiger partial charge in [-0.15, -0.1) is 24.0 Å². The highest BCUT2D eigenvalue weighted by Gasteiger charge is 2.04. The fourth-order valence-corrected chi connectivity index (χ4v) is 2.48. The molecule has 0 unspecified atom stereocenters. The smallest absolute Gasteiger partial charge is 0.191 e. The van der Waals surface area contributed by atoms with Gasteiger partial charge < -0.3 is 15.6 Å². The lowest BCUT2D eigenvalue weighted by molar-refractivity contribution is 0.786. The predicted molar refractivity (Wildman–Crippen MR) is 118 cm³/mol. The standard InChI is InChI=1S/C20H23N5.HI/c1-2-21-20(23-13-16-9-5-3-6-10-16)24-15-19-22-14-18(25-19)17-11-7-4-8-12-17;/h3-12,14H,2,13,15H2,1H3,(H,22,25)(H2,21,23,24);1H. The molecule has 6 heteroatoms. The zero-order valence-electron chi connectivity index (χ0n) is 14.8. The van der Waals surface area contributed by atoms with Gasteiger partial charge >= 0.3 is 0 Å². The van der Waals surface area contributed by atoms with E-state index in [0.717, 1.165) is 29.6 Å². The maximum atomic E-state index is 4.62. The van der Waals surface area contributed by atoms with E-state index in [0.29, 0.717) is 13.1 Å². The third-order valence-electron chi connectivity index (χ3n) is 3.74. The molecule has 0 atom stereocenters. The number of nitrogens with zero attached hydrogens (tertiary/aromatic N) is 2. The van der Waals surface area contributed by atoms with Gasteiger partial charge in [-0.25, -0.2) is 9.98 Å². The number of imidazole rings is 1. The Balaban J connectivity index is 0.00000243. The van der Waals surface area contributed by atoms with Gasteiger partial charge in [0.2, 0.25) is 0 Å². The number of rotatable bonds is 6. The molecule has 0 radical (unpaired) electrons. The Kier molecular flexibility index (Phi) is 8.14. The average Bonchev–Trinajstić information content (AvgIpc) is 3.15. The molecule has 0 aliphatic rings. The van der Waals surface area contributed by atoms with E-state index in [9.17, 15) is 0 Å². The van der Waals surface area contributed by atoms with Crippen LogP contribution in [0.15, 0.2) is 71.9 Å². The Labute approximate surface area is 171 Å². The van der Waals surface area contributed by atoms with E-state index in [1.807, 2.05) is 42.6 Å². The molecular formula is C20H24IN5. The zero-order valence-corrected chi connectivity index (χ0v) is 17.1. The molecule has 1 heterocycles. The fourth-order valence-electron chi connectivity index (χ4n) is 2.48. The third kappa shape index (κ3) is 5.87. The summed E-state index contributed by atoms with van der Waals surface area (Å²) < 4.78 is 0. The third-order valence-corrected chi connectivity index (χ3v) is 3.74. The minimum Gasteiger partial charge on any atom is -0.357 e. The highest BCUT2D eigenvalue weighted by atomic mass is 127. The van der Waals surface area contributed by atoms with Crippen molar-refractivity contribution in [2.24, 2.45) is 4.99 Å². The van der Waals surface area contributed by atoms with E-state index in [1.165, 1.54) is 5.56 Å². The molecule has 0 saturated heterocycles. The Morgan fingerprint density at radius 1 is 1.00 bits per heavy atom. The van der Waals surface area contributed by atoms with Gasteiger partial charge in [-0.3, -0.25) is 0 Å². The number of aliphatic imine (C=N–C) groups is 1. The summed E-state index contributed by atoms with van der Waals surface area (Å²) in [5.41, 5.74) is 3.33. The molecule has 3 rings (SSSR count). The first-order valence-corrected chi connectivity index (χ1v) is 8.50. The molecule has 5 nitrogen and oxygen atoms in total. The van der Waals surface area contributed by atoms with Crippen LogP contribution < -0.4 is 10.6 Å². The first-order chi connectivity index (χ1) is 12.3. The highest BCUT2D eigenvalue weighted by Crippen LogP contribution is 2.15. The van der Waals surface area contributed by atoms with E-state index in [2.05, 4.69) is 56.8 Å². The van der Waals surface area contributed by atoms with Gasteiger partial charge in [-0.05, 0) is 18.1 Å². The van der Waals surface area contributed by atoms with Gasteiger partial charge in [0, 0.05) is 6.54 Å². The maximum Gasteiger partial charge on any atom is 0.191 e. The molecule has 0 fully saturated rings. The van der Waals surface area contributed by atoms with E-state index in [-0.39, 0.29) is 24.0 Å². The molecule has 3 N–H and O–H groups in total. The Bertz CT molecular complexity index is 799. The number of H-pyrrole nitrogens is 1. The monoisotopic (exact) mass is 461 g/mol. The van der Waals surface area contributed by atoms with E-state index < -0.39 is 0 Å². The molecule has 0 aliphatic carbocycles. The van der Waals surface area contributed by atoms with Crippen LogP contribution >= 0.6 is 24.0 Å². The maximum absolute atomic E-state index is 4.62. The van der Waals surface area contributed by atoms with Gasteiger partial charge in [0.15, 0.2) is 5.96 Å². The van der Waals surface area contributed by atoms with Crippen LogP contribution in [0.3, 0.4) is 0 Å². The number of benzene rings is 2. The van der Waals surface area contributed by atoms with Gasteiger partial charge in [-0.1, -0.05) is 60.7 Å². The van der Waals surface area contributed by atoms with Crippen molar-refractivity contribution in [1.29, 1.82) is 0 Å². The molecule has 0 amide bonds. The average molecular weight is 461 g/mol. The quantitative estimate of drug-likeness (QED) is 0.296. The number of halogens is 1. The molecule has 136 valence electrons. The first-order valence-electron chi connectivity index (χ1n) is 8.50. The van der Waals surface area contributed by atoms with E-state index >= 15 is 0 Å². The van der Waals surface area contributed by atoms with Crippen molar-refractivity contribution in [1.82, 2.24) is 20.6 Å². The second-order valence-corrected chi connectivity index (χ2v) is 5.64. The lowest BCUT2D eigenvalue weighted by Gasteiger charge is -2.10. The van der Waals surface area contributed by atoms with Crippen LogP contribution in [0.1, 0.15) is 18.3 Å². The van der Waals surface area contributed by atoms with Crippen molar-refractivity contribution < 1.29 is 0 Å². The predicted octanol–water partition coefficient (Wildman–Crippen LogP) is 3.95. The first kappa shape index (κ1) is 20.0. The minimum atomic E-state index is 0. The van der Waals surface area contributed by atoms with Crippen LogP contribution in [0.2, 0.25) is 0 Å². The molecule has 26 heavy (non-hydrogen) atoms. The summed E-state index contributed by atoms with van der Waals surface area (Å²) in [5.74, 6) is 1.66.